The average molecular weight is 152 g/mol. The second-order valence-electron chi connectivity index (χ2n) is 2.19. The number of rotatable bonds is 1. The lowest BCUT2D eigenvalue weighted by Gasteiger charge is -1.94. The van der Waals surface area contributed by atoms with Crippen molar-refractivity contribution in [1.29, 1.82) is 0 Å². The van der Waals surface area contributed by atoms with E-state index >= 15 is 0 Å². The average Bonchev–Trinajstić information content (AvgIpc) is 2.10. The summed E-state index contributed by atoms with van der Waals surface area (Å²) in [6.45, 7) is 2.71. The molecule has 0 radical (unpaired) electrons. The lowest BCUT2D eigenvalue weighted by atomic mass is 10.2. The first kappa shape index (κ1) is 10.1. The third-order valence-corrected chi connectivity index (χ3v) is 1.36. The third kappa shape index (κ3) is 3.75. The van der Waals surface area contributed by atoms with Gasteiger partial charge in [-0.3, -0.25) is 0 Å². The zero-order valence-electron chi connectivity index (χ0n) is 7.17. The molecule has 1 rings (SSSR count). The molecule has 2 nitrogen and oxygen atoms in total. The Morgan fingerprint density at radius 3 is 1.91 bits per heavy atom. The maximum absolute atomic E-state index is 5.40. The third-order valence-electron chi connectivity index (χ3n) is 1.36. The molecule has 0 aliphatic carbocycles. The first-order chi connectivity index (χ1) is 5.33. The zero-order chi connectivity index (χ0) is 8.69. The van der Waals surface area contributed by atoms with Crippen LogP contribution in [0.1, 0.15) is 11.1 Å². The zero-order valence-corrected chi connectivity index (χ0v) is 7.17. The van der Waals surface area contributed by atoms with Crippen molar-refractivity contribution < 1.29 is 0 Å². The molecule has 0 fully saturated rings. The Labute approximate surface area is 68.2 Å². The fraction of sp³-hybridized carbons (Fsp3) is 0.333. The summed E-state index contributed by atoms with van der Waals surface area (Å²) >= 11 is 0. The van der Waals surface area contributed by atoms with Crippen molar-refractivity contribution in [3.05, 3.63) is 35.4 Å². The lowest BCUT2D eigenvalue weighted by Crippen LogP contribution is -1.94. The maximum Gasteiger partial charge on any atom is 0.0178 e. The van der Waals surface area contributed by atoms with E-state index in [9.17, 15) is 0 Å². The normalized spacial score (nSPS) is 8.36. The van der Waals surface area contributed by atoms with Gasteiger partial charge in [0.1, 0.15) is 0 Å². The van der Waals surface area contributed by atoms with E-state index in [0.717, 1.165) is 0 Å². The second kappa shape index (κ2) is 5.89. The van der Waals surface area contributed by atoms with Crippen LogP contribution < -0.4 is 11.5 Å². The van der Waals surface area contributed by atoms with E-state index < -0.39 is 0 Å². The lowest BCUT2D eigenvalue weighted by molar-refractivity contribution is 1.07. The molecule has 0 atom stereocenters. The van der Waals surface area contributed by atoms with Gasteiger partial charge in [0.25, 0.3) is 0 Å². The highest BCUT2D eigenvalue weighted by atomic mass is 14.5. The molecule has 1 aromatic rings. The van der Waals surface area contributed by atoms with Crippen molar-refractivity contribution >= 4 is 0 Å². The molecule has 62 valence electrons. The molecule has 0 aliphatic heterocycles. The van der Waals surface area contributed by atoms with E-state index in [4.69, 9.17) is 5.73 Å². The van der Waals surface area contributed by atoms with Crippen molar-refractivity contribution in [2.24, 2.45) is 11.5 Å². The van der Waals surface area contributed by atoms with Crippen molar-refractivity contribution in [1.82, 2.24) is 0 Å². The van der Waals surface area contributed by atoms with Gasteiger partial charge in [-0.05, 0) is 19.5 Å². The van der Waals surface area contributed by atoms with Crippen LogP contribution in [0.15, 0.2) is 24.3 Å². The van der Waals surface area contributed by atoms with E-state index in [-0.39, 0.29) is 0 Å². The largest absolute Gasteiger partial charge is 0.333 e. The number of hydrogen-bond acceptors (Lipinski definition) is 2. The van der Waals surface area contributed by atoms with Gasteiger partial charge in [-0.2, -0.15) is 0 Å². The van der Waals surface area contributed by atoms with Gasteiger partial charge < -0.3 is 11.5 Å². The van der Waals surface area contributed by atoms with Crippen LogP contribution >= 0.6 is 0 Å². The predicted octanol–water partition coefficient (Wildman–Crippen LogP) is 1.03. The Bertz CT molecular complexity index is 179. The Kier molecular flexibility index (Phi) is 5.43. The Balaban J connectivity index is 0.000000461. The first-order valence-corrected chi connectivity index (χ1v) is 3.66. The van der Waals surface area contributed by atoms with E-state index in [2.05, 4.69) is 36.9 Å². The van der Waals surface area contributed by atoms with Crippen LogP contribution in [0.2, 0.25) is 0 Å². The summed E-state index contributed by atoms with van der Waals surface area (Å²) in [7, 11) is 1.50. The van der Waals surface area contributed by atoms with Gasteiger partial charge >= 0.3 is 0 Å². The molecule has 0 spiro atoms. The second-order valence-corrected chi connectivity index (χ2v) is 2.19. The number of nitrogens with two attached hydrogens (primary N) is 2. The molecule has 11 heavy (non-hydrogen) atoms. The van der Waals surface area contributed by atoms with Crippen LogP contribution in [-0.2, 0) is 6.54 Å². The van der Waals surface area contributed by atoms with Gasteiger partial charge in [0.05, 0.1) is 0 Å². The molecule has 4 N–H and O–H groups in total. The van der Waals surface area contributed by atoms with Gasteiger partial charge in [0.2, 0.25) is 0 Å². The highest BCUT2D eigenvalue weighted by Gasteiger charge is 1.84. The molecule has 0 aliphatic rings. The monoisotopic (exact) mass is 152 g/mol. The summed E-state index contributed by atoms with van der Waals surface area (Å²) < 4.78 is 0. The minimum absolute atomic E-state index is 0.639. The quantitative estimate of drug-likeness (QED) is 0.631. The minimum atomic E-state index is 0.639. The molecule has 0 saturated heterocycles. The van der Waals surface area contributed by atoms with E-state index in [1.54, 1.807) is 0 Å². The Hall–Kier alpha value is -0.860. The maximum atomic E-state index is 5.40. The smallest absolute Gasteiger partial charge is 0.0178 e. The minimum Gasteiger partial charge on any atom is -0.333 e. The molecule has 2 heteroatoms. The van der Waals surface area contributed by atoms with E-state index in [1.807, 2.05) is 0 Å². The molecular formula is C9H16N2. The molecule has 1 aromatic carbocycles. The van der Waals surface area contributed by atoms with Crippen LogP contribution in [0, 0.1) is 6.92 Å². The predicted molar refractivity (Wildman–Crippen MR) is 49.2 cm³/mol. The summed E-state index contributed by atoms with van der Waals surface area (Å²) in [5, 5.41) is 0. The Morgan fingerprint density at radius 2 is 1.55 bits per heavy atom. The SMILES string of the molecule is CN.Cc1ccc(CN)cc1. The highest BCUT2D eigenvalue weighted by molar-refractivity contribution is 5.20. The molecule has 0 saturated carbocycles. The summed E-state index contributed by atoms with van der Waals surface area (Å²) in [5.74, 6) is 0. The van der Waals surface area contributed by atoms with Crippen molar-refractivity contribution in [3.8, 4) is 0 Å². The van der Waals surface area contributed by atoms with Crippen LogP contribution in [0.25, 0.3) is 0 Å². The van der Waals surface area contributed by atoms with Gasteiger partial charge in [-0.1, -0.05) is 29.8 Å². The number of benzene rings is 1. The molecule has 0 bridgehead atoms. The summed E-state index contributed by atoms with van der Waals surface area (Å²) in [4.78, 5) is 0. The van der Waals surface area contributed by atoms with Crippen molar-refractivity contribution in [3.63, 3.8) is 0 Å². The topological polar surface area (TPSA) is 52.0 Å². The number of hydrogen-bond donors (Lipinski definition) is 2. The molecule has 0 unspecified atom stereocenters. The van der Waals surface area contributed by atoms with Gasteiger partial charge in [-0.15, -0.1) is 0 Å². The fourth-order valence-corrected chi connectivity index (χ4v) is 0.724. The summed E-state index contributed by atoms with van der Waals surface area (Å²) in [5.41, 5.74) is 12.4. The van der Waals surface area contributed by atoms with Gasteiger partial charge in [-0.25, -0.2) is 0 Å². The van der Waals surface area contributed by atoms with Gasteiger partial charge in [0, 0.05) is 6.54 Å². The highest BCUT2D eigenvalue weighted by Crippen LogP contribution is 2.00. The Morgan fingerprint density at radius 1 is 1.09 bits per heavy atom. The fourth-order valence-electron chi connectivity index (χ4n) is 0.724. The molecule has 0 amide bonds. The number of aryl methyl sites for hydroxylation is 1. The molecule has 0 aromatic heterocycles. The van der Waals surface area contributed by atoms with Crippen molar-refractivity contribution in [2.75, 3.05) is 7.05 Å². The van der Waals surface area contributed by atoms with Crippen LogP contribution in [0.4, 0.5) is 0 Å². The van der Waals surface area contributed by atoms with Crippen molar-refractivity contribution in [2.45, 2.75) is 13.5 Å². The van der Waals surface area contributed by atoms with Gasteiger partial charge in [0.15, 0.2) is 0 Å². The standard InChI is InChI=1S/C8H11N.CH5N/c1-7-2-4-8(6-9)5-3-7;1-2/h2-5H,6,9H2,1H3;2H2,1H3. The molecule has 0 heterocycles. The summed E-state index contributed by atoms with van der Waals surface area (Å²) in [6, 6.07) is 8.25. The van der Waals surface area contributed by atoms with Crippen LogP contribution in [0.3, 0.4) is 0 Å². The van der Waals surface area contributed by atoms with Crippen LogP contribution in [0.5, 0.6) is 0 Å². The summed E-state index contributed by atoms with van der Waals surface area (Å²) in [6.07, 6.45) is 0. The van der Waals surface area contributed by atoms with E-state index in [1.165, 1.54) is 18.2 Å². The van der Waals surface area contributed by atoms with Crippen LogP contribution in [-0.4, -0.2) is 7.05 Å². The van der Waals surface area contributed by atoms with E-state index in [0.29, 0.717) is 6.54 Å². The first-order valence-electron chi connectivity index (χ1n) is 3.66. The molecular weight excluding hydrogens is 136 g/mol.